The molecule has 1 atom stereocenters. The summed E-state index contributed by atoms with van der Waals surface area (Å²) in [6.07, 6.45) is 1.71. The maximum atomic E-state index is 12.8. The molecule has 0 aliphatic carbocycles. The molecular weight excluding hydrogens is 478 g/mol. The number of ether oxygens (including phenoxy) is 4. The molecule has 9 nitrogen and oxygen atoms in total. The summed E-state index contributed by atoms with van der Waals surface area (Å²) in [5.74, 6) is -0.238. The number of amides is 1. The summed E-state index contributed by atoms with van der Waals surface area (Å²) in [5.41, 5.74) is 1.74. The first-order chi connectivity index (χ1) is 17.9. The summed E-state index contributed by atoms with van der Waals surface area (Å²) in [4.78, 5) is 36.8. The number of methoxy groups -OCH3 is 2. The fourth-order valence-electron chi connectivity index (χ4n) is 3.79. The number of Topliss-reactive ketones (excluding diaryl/α,β-unsaturated/α-hetero) is 1. The number of carboxylic acid groups (broad SMARTS) is 1. The topological polar surface area (TPSA) is 120 Å². The summed E-state index contributed by atoms with van der Waals surface area (Å²) >= 11 is 0. The molecule has 0 bridgehead atoms. The van der Waals surface area contributed by atoms with Gasteiger partial charge in [-0.25, -0.2) is 4.79 Å². The van der Waals surface area contributed by atoms with E-state index in [0.29, 0.717) is 22.6 Å². The van der Waals surface area contributed by atoms with Gasteiger partial charge in [0, 0.05) is 18.1 Å². The molecule has 37 heavy (non-hydrogen) atoms. The van der Waals surface area contributed by atoms with Gasteiger partial charge in [0.25, 0.3) is 5.91 Å². The zero-order valence-corrected chi connectivity index (χ0v) is 20.2. The van der Waals surface area contributed by atoms with Crippen molar-refractivity contribution in [1.82, 2.24) is 5.32 Å². The van der Waals surface area contributed by atoms with Gasteiger partial charge in [-0.15, -0.1) is 0 Å². The van der Waals surface area contributed by atoms with Gasteiger partial charge in [0.1, 0.15) is 29.0 Å². The zero-order valence-electron chi connectivity index (χ0n) is 20.2. The van der Waals surface area contributed by atoms with E-state index in [2.05, 4.69) is 5.32 Å². The normalized spacial score (nSPS) is 13.9. The Morgan fingerprint density at radius 3 is 2.46 bits per heavy atom. The first-order valence-electron chi connectivity index (χ1n) is 11.4. The molecule has 1 amide bonds. The van der Waals surface area contributed by atoms with Gasteiger partial charge in [0.2, 0.25) is 5.78 Å². The van der Waals surface area contributed by atoms with Crippen LogP contribution in [0.5, 0.6) is 23.0 Å². The number of ketones is 1. The Morgan fingerprint density at radius 2 is 1.76 bits per heavy atom. The number of hydrogen-bond acceptors (Lipinski definition) is 7. The van der Waals surface area contributed by atoms with Crippen LogP contribution in [0.2, 0.25) is 0 Å². The van der Waals surface area contributed by atoms with Gasteiger partial charge in [-0.3, -0.25) is 9.59 Å². The highest BCUT2D eigenvalue weighted by molar-refractivity contribution is 6.14. The quantitative estimate of drug-likeness (QED) is 0.404. The molecule has 9 heteroatoms. The Hall–Kier alpha value is -4.79. The average Bonchev–Trinajstić information content (AvgIpc) is 3.21. The predicted molar refractivity (Wildman–Crippen MR) is 134 cm³/mol. The summed E-state index contributed by atoms with van der Waals surface area (Å²) in [6, 6.07) is 17.7. The Kier molecular flexibility index (Phi) is 7.73. The molecule has 3 aromatic rings. The van der Waals surface area contributed by atoms with E-state index >= 15 is 0 Å². The van der Waals surface area contributed by atoms with E-state index in [9.17, 15) is 19.5 Å². The third-order valence-corrected chi connectivity index (χ3v) is 5.65. The molecule has 190 valence electrons. The number of nitrogens with one attached hydrogen (secondary N) is 1. The third-order valence-electron chi connectivity index (χ3n) is 5.65. The molecule has 0 unspecified atom stereocenters. The zero-order chi connectivity index (χ0) is 26.4. The molecule has 3 aromatic carbocycles. The number of allylic oxidation sites excluding steroid dienone is 1. The number of carboxylic acids is 1. The van der Waals surface area contributed by atoms with Crippen molar-refractivity contribution in [2.24, 2.45) is 0 Å². The smallest absolute Gasteiger partial charge is 0.326 e. The van der Waals surface area contributed by atoms with Crippen molar-refractivity contribution in [2.45, 2.75) is 12.5 Å². The van der Waals surface area contributed by atoms with E-state index in [4.69, 9.17) is 18.9 Å². The second kappa shape index (κ2) is 11.3. The molecule has 2 N–H and O–H groups in total. The van der Waals surface area contributed by atoms with E-state index in [1.807, 2.05) is 6.07 Å². The summed E-state index contributed by atoms with van der Waals surface area (Å²) in [6.45, 7) is -0.408. The van der Waals surface area contributed by atoms with Crippen LogP contribution in [0.15, 0.2) is 72.5 Å². The first-order valence-corrected chi connectivity index (χ1v) is 11.4. The lowest BCUT2D eigenvalue weighted by molar-refractivity contribution is -0.142. The van der Waals surface area contributed by atoms with Crippen molar-refractivity contribution in [3.05, 3.63) is 89.2 Å². The second-order valence-corrected chi connectivity index (χ2v) is 8.14. The lowest BCUT2D eigenvalue weighted by Gasteiger charge is -2.15. The summed E-state index contributed by atoms with van der Waals surface area (Å²) < 4.78 is 21.9. The van der Waals surface area contributed by atoms with E-state index in [1.165, 1.54) is 13.2 Å². The van der Waals surface area contributed by atoms with Crippen LogP contribution in [0.3, 0.4) is 0 Å². The van der Waals surface area contributed by atoms with E-state index < -0.39 is 24.5 Å². The van der Waals surface area contributed by atoms with Crippen molar-refractivity contribution in [1.29, 1.82) is 0 Å². The third kappa shape index (κ3) is 6.07. The van der Waals surface area contributed by atoms with Gasteiger partial charge in [0.05, 0.1) is 19.8 Å². The minimum atomic E-state index is -1.14. The van der Waals surface area contributed by atoms with Crippen LogP contribution in [-0.4, -0.2) is 49.6 Å². The van der Waals surface area contributed by atoms with Gasteiger partial charge in [-0.05, 0) is 42.0 Å². The van der Waals surface area contributed by atoms with Crippen LogP contribution in [0.1, 0.15) is 21.5 Å². The molecule has 0 saturated carbocycles. The average molecular weight is 504 g/mol. The Labute approximate surface area is 213 Å². The summed E-state index contributed by atoms with van der Waals surface area (Å²) in [5, 5.41) is 11.9. The van der Waals surface area contributed by atoms with Crippen molar-refractivity contribution in [3.63, 3.8) is 0 Å². The van der Waals surface area contributed by atoms with Gasteiger partial charge in [0.15, 0.2) is 12.4 Å². The van der Waals surface area contributed by atoms with E-state index in [0.717, 1.165) is 5.56 Å². The molecule has 1 heterocycles. The van der Waals surface area contributed by atoms with Crippen LogP contribution >= 0.6 is 0 Å². The maximum absolute atomic E-state index is 12.8. The predicted octanol–water partition coefficient (Wildman–Crippen LogP) is 3.51. The molecule has 0 spiro atoms. The SMILES string of the molecule is COc1ccc(OC)c(/C=C2/Oc3cc(OCC(=O)N[C@@H](Cc4ccccc4)C(=O)O)ccc3C2=O)c1. The second-order valence-electron chi connectivity index (χ2n) is 8.14. The van der Waals surface area contributed by atoms with Crippen molar-refractivity contribution in [3.8, 4) is 23.0 Å². The van der Waals surface area contributed by atoms with Crippen LogP contribution in [0, 0.1) is 0 Å². The van der Waals surface area contributed by atoms with Crippen LogP contribution < -0.4 is 24.3 Å². The van der Waals surface area contributed by atoms with Crippen LogP contribution in [0.4, 0.5) is 0 Å². The molecule has 0 fully saturated rings. The monoisotopic (exact) mass is 503 g/mol. The molecule has 4 rings (SSSR count). The molecule has 0 aromatic heterocycles. The number of fused-ring (bicyclic) bond motifs is 1. The van der Waals surface area contributed by atoms with Gasteiger partial charge < -0.3 is 29.4 Å². The molecule has 1 aliphatic rings. The Balaban J connectivity index is 1.41. The Bertz CT molecular complexity index is 1350. The van der Waals surface area contributed by atoms with Gasteiger partial charge >= 0.3 is 5.97 Å². The van der Waals surface area contributed by atoms with Crippen molar-refractivity contribution < 1.29 is 38.4 Å². The molecule has 0 saturated heterocycles. The summed E-state index contributed by atoms with van der Waals surface area (Å²) in [7, 11) is 3.06. The highest BCUT2D eigenvalue weighted by atomic mass is 16.5. The molecule has 0 radical (unpaired) electrons. The van der Waals surface area contributed by atoms with Gasteiger partial charge in [-0.1, -0.05) is 30.3 Å². The minimum Gasteiger partial charge on any atom is -0.497 e. The minimum absolute atomic E-state index is 0.0988. The van der Waals surface area contributed by atoms with E-state index in [1.54, 1.807) is 67.8 Å². The van der Waals surface area contributed by atoms with E-state index in [-0.39, 0.29) is 29.5 Å². The highest BCUT2D eigenvalue weighted by Crippen LogP contribution is 2.36. The lowest BCUT2D eigenvalue weighted by Crippen LogP contribution is -2.44. The molecular formula is C28H25NO8. The number of aliphatic carboxylic acids is 1. The van der Waals surface area contributed by atoms with Crippen molar-refractivity contribution in [2.75, 3.05) is 20.8 Å². The number of benzene rings is 3. The fourth-order valence-corrected chi connectivity index (χ4v) is 3.79. The lowest BCUT2D eigenvalue weighted by atomic mass is 10.1. The Morgan fingerprint density at radius 1 is 1.00 bits per heavy atom. The number of rotatable bonds is 10. The van der Waals surface area contributed by atoms with Crippen molar-refractivity contribution >= 4 is 23.7 Å². The number of hydrogen-bond donors (Lipinski definition) is 2. The fraction of sp³-hybridized carbons (Fsp3) is 0.179. The first kappa shape index (κ1) is 25.3. The van der Waals surface area contributed by atoms with Crippen LogP contribution in [-0.2, 0) is 16.0 Å². The van der Waals surface area contributed by atoms with Crippen LogP contribution in [0.25, 0.3) is 6.08 Å². The van der Waals surface area contributed by atoms with Gasteiger partial charge in [-0.2, -0.15) is 0 Å². The highest BCUT2D eigenvalue weighted by Gasteiger charge is 2.28. The largest absolute Gasteiger partial charge is 0.497 e. The standard InChI is InChI=1S/C28H25NO8/c1-34-19-9-11-23(35-2)18(13-19)14-25-27(31)21-10-8-20(15-24(21)37-25)36-16-26(30)29-22(28(32)33)12-17-6-4-3-5-7-17/h3-11,13-15,22H,12,16H2,1-2H3,(H,29,30)(H,32,33)/b25-14+/t22-/m0/s1. The maximum Gasteiger partial charge on any atom is 0.326 e. The number of carbonyl (C=O) groups is 3. The number of carbonyl (C=O) groups excluding carboxylic acids is 2. The molecule has 1 aliphatic heterocycles.